The topological polar surface area (TPSA) is 50.5 Å². The minimum absolute atomic E-state index is 0.00110. The lowest BCUT2D eigenvalue weighted by molar-refractivity contribution is -0.143. The molecule has 0 unspecified atom stereocenters. The zero-order chi connectivity index (χ0) is 22.8. The van der Waals surface area contributed by atoms with Gasteiger partial charge in [-0.1, -0.05) is 31.2 Å². The second-order valence-corrected chi connectivity index (χ2v) is 9.23. The molecular formula is C24H25F3N4O. The molecule has 1 aromatic carbocycles. The summed E-state index contributed by atoms with van der Waals surface area (Å²) < 4.78 is 43.5. The van der Waals surface area contributed by atoms with Crippen LogP contribution in [0.15, 0.2) is 30.3 Å². The van der Waals surface area contributed by atoms with Crippen molar-refractivity contribution in [3.63, 3.8) is 0 Å². The van der Waals surface area contributed by atoms with Gasteiger partial charge in [-0.3, -0.25) is 4.79 Å². The number of amides is 1. The van der Waals surface area contributed by atoms with Crippen LogP contribution in [-0.2, 0) is 19.0 Å². The molecule has 3 heterocycles. The number of carbonyl (C=O) groups is 1. The second kappa shape index (κ2) is 7.32. The molecule has 5 rings (SSSR count). The number of rotatable bonds is 1. The summed E-state index contributed by atoms with van der Waals surface area (Å²) in [6, 6.07) is 8.80. The normalized spacial score (nSPS) is 23.2. The monoisotopic (exact) mass is 442 g/mol. The highest BCUT2D eigenvalue weighted by Crippen LogP contribution is 2.40. The lowest BCUT2D eigenvalue weighted by atomic mass is 9.88. The van der Waals surface area contributed by atoms with Crippen LogP contribution in [0.3, 0.4) is 0 Å². The van der Waals surface area contributed by atoms with Crippen LogP contribution in [0.5, 0.6) is 0 Å². The summed E-state index contributed by atoms with van der Waals surface area (Å²) in [5, 5.41) is 4.15. The largest absolute Gasteiger partial charge is 0.433 e. The average Bonchev–Trinajstić information content (AvgIpc) is 3.13. The highest BCUT2D eigenvalue weighted by atomic mass is 19.4. The van der Waals surface area contributed by atoms with Crippen molar-refractivity contribution in [1.29, 1.82) is 0 Å². The number of carbonyl (C=O) groups excluding carboxylic acids is 1. The summed E-state index contributed by atoms with van der Waals surface area (Å²) in [6.45, 7) is 6.12. The molecule has 2 aliphatic rings. The Morgan fingerprint density at radius 1 is 1.06 bits per heavy atom. The van der Waals surface area contributed by atoms with E-state index in [1.165, 1.54) is 6.07 Å². The minimum atomic E-state index is -4.62. The Morgan fingerprint density at radius 2 is 1.75 bits per heavy atom. The SMILES string of the molecule is CC1C[C@H](C)N(C(=O)c2cc3nc4c(c(C(F)(F)F)n3n2)CCc2ccccc2-4)[C@@H](C)C1. The molecule has 1 aliphatic heterocycles. The molecule has 2 aromatic heterocycles. The summed E-state index contributed by atoms with van der Waals surface area (Å²) >= 11 is 0. The maximum atomic E-state index is 14.2. The number of hydrogen-bond donors (Lipinski definition) is 0. The van der Waals surface area contributed by atoms with Crippen LogP contribution in [0, 0.1) is 5.92 Å². The van der Waals surface area contributed by atoms with Gasteiger partial charge in [0.1, 0.15) is 0 Å². The first-order chi connectivity index (χ1) is 15.1. The Bertz CT molecular complexity index is 1200. The molecule has 1 amide bonds. The van der Waals surface area contributed by atoms with Gasteiger partial charge < -0.3 is 4.90 Å². The fourth-order valence-electron chi connectivity index (χ4n) is 5.58. The van der Waals surface area contributed by atoms with E-state index in [2.05, 4.69) is 17.0 Å². The third-order valence-electron chi connectivity index (χ3n) is 6.78. The fourth-order valence-corrected chi connectivity index (χ4v) is 5.58. The van der Waals surface area contributed by atoms with Gasteiger partial charge in [-0.2, -0.15) is 18.3 Å². The Kier molecular flexibility index (Phi) is 4.80. The van der Waals surface area contributed by atoms with Gasteiger partial charge in [0.15, 0.2) is 17.0 Å². The maximum absolute atomic E-state index is 14.2. The van der Waals surface area contributed by atoms with Crippen molar-refractivity contribution >= 4 is 11.6 Å². The van der Waals surface area contributed by atoms with Crippen molar-refractivity contribution in [2.75, 3.05) is 0 Å². The van der Waals surface area contributed by atoms with E-state index in [4.69, 9.17) is 0 Å². The van der Waals surface area contributed by atoms with E-state index >= 15 is 0 Å². The molecule has 0 bridgehead atoms. The number of aryl methyl sites for hydroxylation is 1. The summed E-state index contributed by atoms with van der Waals surface area (Å²) in [5.74, 6) is 0.157. The molecule has 8 heteroatoms. The van der Waals surface area contributed by atoms with Crippen molar-refractivity contribution < 1.29 is 18.0 Å². The number of likely N-dealkylation sites (tertiary alicyclic amines) is 1. The van der Waals surface area contributed by atoms with Gasteiger partial charge in [0.05, 0.1) is 5.69 Å². The molecule has 0 N–H and O–H groups in total. The Balaban J connectivity index is 1.67. The molecule has 0 radical (unpaired) electrons. The number of hydrogen-bond acceptors (Lipinski definition) is 3. The van der Waals surface area contributed by atoms with Crippen LogP contribution in [0.2, 0.25) is 0 Å². The van der Waals surface area contributed by atoms with Crippen LogP contribution in [0.4, 0.5) is 13.2 Å². The molecule has 1 saturated heterocycles. The summed E-state index contributed by atoms with van der Waals surface area (Å²) in [7, 11) is 0. The Hall–Kier alpha value is -2.90. The third-order valence-corrected chi connectivity index (χ3v) is 6.78. The smallest absolute Gasteiger partial charge is 0.332 e. The molecule has 0 spiro atoms. The van der Waals surface area contributed by atoms with Crippen LogP contribution in [0.25, 0.3) is 16.9 Å². The van der Waals surface area contributed by atoms with E-state index in [0.29, 0.717) is 23.6 Å². The average molecular weight is 442 g/mol. The third kappa shape index (κ3) is 3.27. The molecule has 0 saturated carbocycles. The zero-order valence-electron chi connectivity index (χ0n) is 18.3. The van der Waals surface area contributed by atoms with E-state index in [-0.39, 0.29) is 41.3 Å². The lowest BCUT2D eigenvalue weighted by Gasteiger charge is -2.41. The first kappa shape index (κ1) is 21.0. The first-order valence-corrected chi connectivity index (χ1v) is 11.1. The van der Waals surface area contributed by atoms with Crippen LogP contribution >= 0.6 is 0 Å². The molecule has 1 aliphatic carbocycles. The number of piperidine rings is 1. The first-order valence-electron chi connectivity index (χ1n) is 11.1. The quantitative estimate of drug-likeness (QED) is 0.523. The van der Waals surface area contributed by atoms with Gasteiger partial charge in [-0.25, -0.2) is 9.50 Å². The van der Waals surface area contributed by atoms with Crippen LogP contribution in [0.1, 0.15) is 60.9 Å². The number of fused-ring (bicyclic) bond motifs is 4. The van der Waals surface area contributed by atoms with Crippen molar-refractivity contribution in [3.05, 3.63) is 52.8 Å². The van der Waals surface area contributed by atoms with Crippen molar-refractivity contribution in [3.8, 4) is 11.3 Å². The van der Waals surface area contributed by atoms with Crippen molar-refractivity contribution in [1.82, 2.24) is 19.5 Å². The van der Waals surface area contributed by atoms with Gasteiger partial charge in [0.2, 0.25) is 0 Å². The van der Waals surface area contributed by atoms with Gasteiger partial charge in [-0.15, -0.1) is 0 Å². The highest BCUT2D eigenvalue weighted by Gasteiger charge is 2.41. The number of alkyl halides is 3. The standard InChI is InChI=1S/C24H25F3N4O/c1-13-10-14(2)30(15(3)11-13)23(32)19-12-20-28-21-17-7-5-4-6-16(17)8-9-18(21)22(24(25,26)27)31(20)29-19/h4-7,12-15H,8-11H2,1-3H3/t14-,15-/m0/s1. The van der Waals surface area contributed by atoms with E-state index in [9.17, 15) is 18.0 Å². The van der Waals surface area contributed by atoms with E-state index < -0.39 is 11.9 Å². The van der Waals surface area contributed by atoms with Crippen LogP contribution < -0.4 is 0 Å². The molecule has 32 heavy (non-hydrogen) atoms. The zero-order valence-corrected chi connectivity index (χ0v) is 18.3. The predicted octanol–water partition coefficient (Wildman–Crippen LogP) is 5.16. The van der Waals surface area contributed by atoms with Crippen molar-refractivity contribution in [2.24, 2.45) is 5.92 Å². The lowest BCUT2D eigenvalue weighted by Crippen LogP contribution is -2.49. The Morgan fingerprint density at radius 3 is 2.44 bits per heavy atom. The van der Waals surface area contributed by atoms with E-state index in [0.717, 1.165) is 22.9 Å². The van der Waals surface area contributed by atoms with Crippen molar-refractivity contribution in [2.45, 2.75) is 64.7 Å². The van der Waals surface area contributed by atoms with E-state index in [1.54, 1.807) is 17.0 Å². The molecule has 2 atom stereocenters. The maximum Gasteiger partial charge on any atom is 0.433 e. The summed E-state index contributed by atoms with van der Waals surface area (Å²) in [5.41, 5.74) is 1.38. The van der Waals surface area contributed by atoms with Gasteiger partial charge >= 0.3 is 6.18 Å². The highest BCUT2D eigenvalue weighted by molar-refractivity contribution is 5.94. The van der Waals surface area contributed by atoms with E-state index in [1.807, 2.05) is 26.0 Å². The number of aromatic nitrogens is 3. The number of halogens is 3. The Labute approximate surface area is 184 Å². The molecular weight excluding hydrogens is 417 g/mol. The summed E-state index contributed by atoms with van der Waals surface area (Å²) in [4.78, 5) is 19.6. The van der Waals surface area contributed by atoms with Gasteiger partial charge in [0, 0.05) is 29.3 Å². The minimum Gasteiger partial charge on any atom is -0.332 e. The van der Waals surface area contributed by atoms with Gasteiger partial charge in [0.25, 0.3) is 5.91 Å². The molecule has 168 valence electrons. The van der Waals surface area contributed by atoms with Gasteiger partial charge in [-0.05, 0) is 51.0 Å². The number of benzene rings is 1. The number of nitrogens with zero attached hydrogens (tertiary/aromatic N) is 4. The molecule has 5 nitrogen and oxygen atoms in total. The second-order valence-electron chi connectivity index (χ2n) is 9.23. The predicted molar refractivity (Wildman–Crippen MR) is 114 cm³/mol. The van der Waals surface area contributed by atoms with Crippen LogP contribution in [-0.4, -0.2) is 37.5 Å². The fraction of sp³-hybridized carbons (Fsp3) is 0.458. The molecule has 3 aromatic rings. The molecule has 1 fully saturated rings. The summed E-state index contributed by atoms with van der Waals surface area (Å²) in [6.07, 6.45) is -2.16.